The molecule has 0 bridgehead atoms. The smallest absolute Gasteiger partial charge is 0.0711 e. The third-order valence-electron chi connectivity index (χ3n) is 4.89. The molecule has 0 fully saturated rings. The molecule has 0 radical (unpaired) electrons. The first-order chi connectivity index (χ1) is 12.7. The van der Waals surface area contributed by atoms with Crippen LogP contribution in [0.1, 0.15) is 24.1 Å². The molecule has 0 atom stereocenters. The lowest BCUT2D eigenvalue weighted by atomic mass is 9.97. The van der Waals surface area contributed by atoms with E-state index in [1.807, 2.05) is 6.92 Å². The summed E-state index contributed by atoms with van der Waals surface area (Å²) < 4.78 is 1.10. The first-order valence-electron chi connectivity index (χ1n) is 9.04. The zero-order chi connectivity index (χ0) is 18.1. The number of H-pyrrole nitrogens is 1. The molecule has 2 aromatic heterocycles. The standard InChI is InChI=1S/C22H22BrN3/c1-14-8-10-16-17(6-4-7-20(16)25-14)22-18(5-2-3-12-24)19-13-15(23)9-11-21(19)26-22/h4,6-11,13,26H,2-3,5,12,24H2,1H3. The summed E-state index contributed by atoms with van der Waals surface area (Å²) in [6, 6.07) is 17.1. The van der Waals surface area contributed by atoms with E-state index in [1.165, 1.54) is 33.1 Å². The number of unbranched alkanes of at least 4 members (excludes halogenated alkanes) is 1. The molecule has 4 heteroatoms. The van der Waals surface area contributed by atoms with Gasteiger partial charge in [0.15, 0.2) is 0 Å². The lowest BCUT2D eigenvalue weighted by molar-refractivity contribution is 0.748. The van der Waals surface area contributed by atoms with Crippen LogP contribution in [0.5, 0.6) is 0 Å². The summed E-state index contributed by atoms with van der Waals surface area (Å²) >= 11 is 3.62. The van der Waals surface area contributed by atoms with Crippen LogP contribution in [0, 0.1) is 6.92 Å². The molecule has 4 rings (SSSR count). The molecule has 26 heavy (non-hydrogen) atoms. The third kappa shape index (κ3) is 3.15. The van der Waals surface area contributed by atoms with Crippen LogP contribution < -0.4 is 5.73 Å². The van der Waals surface area contributed by atoms with Gasteiger partial charge in [-0.25, -0.2) is 0 Å². The molecule has 0 aliphatic carbocycles. The predicted octanol–water partition coefficient (Wildman–Crippen LogP) is 5.74. The molecule has 0 aliphatic heterocycles. The molecule has 0 unspecified atom stereocenters. The number of halogens is 1. The van der Waals surface area contributed by atoms with Crippen LogP contribution in [0.3, 0.4) is 0 Å². The number of rotatable bonds is 5. The fourth-order valence-electron chi connectivity index (χ4n) is 3.63. The Kier molecular flexibility index (Phi) is 4.79. The van der Waals surface area contributed by atoms with E-state index < -0.39 is 0 Å². The number of pyridine rings is 1. The molecule has 0 saturated heterocycles. The van der Waals surface area contributed by atoms with Crippen LogP contribution >= 0.6 is 15.9 Å². The molecule has 0 amide bonds. The summed E-state index contributed by atoms with van der Waals surface area (Å²) in [6.45, 7) is 2.77. The quantitative estimate of drug-likeness (QED) is 0.414. The number of nitrogens with zero attached hydrogens (tertiary/aromatic N) is 1. The topological polar surface area (TPSA) is 54.7 Å². The molecule has 3 nitrogen and oxygen atoms in total. The van der Waals surface area contributed by atoms with E-state index >= 15 is 0 Å². The largest absolute Gasteiger partial charge is 0.354 e. The average Bonchev–Trinajstić information content (AvgIpc) is 2.99. The van der Waals surface area contributed by atoms with E-state index in [0.29, 0.717) is 0 Å². The van der Waals surface area contributed by atoms with Gasteiger partial charge in [0, 0.05) is 32.0 Å². The monoisotopic (exact) mass is 407 g/mol. The van der Waals surface area contributed by atoms with Crippen LogP contribution in [0.2, 0.25) is 0 Å². The van der Waals surface area contributed by atoms with Crippen molar-refractivity contribution in [3.63, 3.8) is 0 Å². The highest BCUT2D eigenvalue weighted by atomic mass is 79.9. The molecule has 3 N–H and O–H groups in total. The highest BCUT2D eigenvalue weighted by molar-refractivity contribution is 9.10. The Balaban J connectivity index is 1.94. The summed E-state index contributed by atoms with van der Waals surface area (Å²) in [6.07, 6.45) is 3.14. The highest BCUT2D eigenvalue weighted by Crippen LogP contribution is 2.36. The van der Waals surface area contributed by atoms with E-state index in [2.05, 4.69) is 69.4 Å². The van der Waals surface area contributed by atoms with Gasteiger partial charge in [0.1, 0.15) is 0 Å². The van der Waals surface area contributed by atoms with E-state index in [4.69, 9.17) is 10.7 Å². The maximum absolute atomic E-state index is 5.72. The minimum absolute atomic E-state index is 0.735. The fraction of sp³-hybridized carbons (Fsp3) is 0.227. The lowest BCUT2D eigenvalue weighted by Gasteiger charge is -2.09. The Morgan fingerprint density at radius 3 is 2.77 bits per heavy atom. The first kappa shape index (κ1) is 17.3. The molecular weight excluding hydrogens is 386 g/mol. The highest BCUT2D eigenvalue weighted by Gasteiger charge is 2.15. The van der Waals surface area contributed by atoms with Crippen LogP contribution in [0.15, 0.2) is 53.0 Å². The number of hydrogen-bond acceptors (Lipinski definition) is 2. The second kappa shape index (κ2) is 7.22. The van der Waals surface area contributed by atoms with Crippen molar-refractivity contribution in [2.24, 2.45) is 5.73 Å². The van der Waals surface area contributed by atoms with Crippen LogP contribution in [0.4, 0.5) is 0 Å². The number of hydrogen-bond donors (Lipinski definition) is 2. The van der Waals surface area contributed by atoms with Crippen molar-refractivity contribution in [1.29, 1.82) is 0 Å². The number of nitrogens with one attached hydrogen (secondary N) is 1. The number of aromatic nitrogens is 2. The fourth-order valence-corrected chi connectivity index (χ4v) is 3.99. The molecule has 0 spiro atoms. The van der Waals surface area contributed by atoms with Crippen molar-refractivity contribution < 1.29 is 0 Å². The maximum Gasteiger partial charge on any atom is 0.0711 e. The maximum atomic E-state index is 5.72. The zero-order valence-corrected chi connectivity index (χ0v) is 16.4. The van der Waals surface area contributed by atoms with Crippen molar-refractivity contribution in [1.82, 2.24) is 9.97 Å². The summed E-state index contributed by atoms with van der Waals surface area (Å²) in [5.41, 5.74) is 12.7. The number of benzene rings is 2. The number of nitrogens with two attached hydrogens (primary N) is 1. The van der Waals surface area contributed by atoms with Gasteiger partial charge in [-0.05, 0) is 68.6 Å². The van der Waals surface area contributed by atoms with Gasteiger partial charge in [-0.15, -0.1) is 0 Å². The normalized spacial score (nSPS) is 11.5. The number of aromatic amines is 1. The summed E-state index contributed by atoms with van der Waals surface area (Å²) in [5.74, 6) is 0. The third-order valence-corrected chi connectivity index (χ3v) is 5.38. The van der Waals surface area contributed by atoms with Gasteiger partial charge >= 0.3 is 0 Å². The first-order valence-corrected chi connectivity index (χ1v) is 9.83. The van der Waals surface area contributed by atoms with E-state index in [-0.39, 0.29) is 0 Å². The van der Waals surface area contributed by atoms with Gasteiger partial charge in [-0.2, -0.15) is 0 Å². The van der Waals surface area contributed by atoms with Crippen LogP contribution in [0.25, 0.3) is 33.1 Å². The predicted molar refractivity (Wildman–Crippen MR) is 113 cm³/mol. The van der Waals surface area contributed by atoms with Crippen molar-refractivity contribution in [3.05, 3.63) is 64.3 Å². The van der Waals surface area contributed by atoms with Gasteiger partial charge in [-0.3, -0.25) is 4.98 Å². The minimum atomic E-state index is 0.735. The summed E-state index contributed by atoms with van der Waals surface area (Å²) in [7, 11) is 0. The second-order valence-corrected chi connectivity index (χ2v) is 7.65. The molecule has 4 aromatic rings. The number of fused-ring (bicyclic) bond motifs is 2. The average molecular weight is 408 g/mol. The molecule has 0 saturated carbocycles. The van der Waals surface area contributed by atoms with Crippen molar-refractivity contribution >= 4 is 37.7 Å². The minimum Gasteiger partial charge on any atom is -0.354 e. The molecule has 2 aromatic carbocycles. The van der Waals surface area contributed by atoms with Gasteiger partial charge < -0.3 is 10.7 Å². The second-order valence-electron chi connectivity index (χ2n) is 6.74. The van der Waals surface area contributed by atoms with Gasteiger partial charge in [0.25, 0.3) is 0 Å². The molecule has 2 heterocycles. The van der Waals surface area contributed by atoms with Gasteiger partial charge in [0.05, 0.1) is 11.2 Å². The summed E-state index contributed by atoms with van der Waals surface area (Å²) in [5, 5.41) is 2.47. The molecule has 0 aliphatic rings. The lowest BCUT2D eigenvalue weighted by Crippen LogP contribution is -1.99. The van der Waals surface area contributed by atoms with Crippen molar-refractivity contribution in [3.8, 4) is 11.3 Å². The van der Waals surface area contributed by atoms with E-state index in [0.717, 1.165) is 41.5 Å². The Morgan fingerprint density at radius 1 is 1.04 bits per heavy atom. The SMILES string of the molecule is Cc1ccc2c(-c3[nH]c4ccc(Br)cc4c3CCCCN)cccc2n1. The Morgan fingerprint density at radius 2 is 1.92 bits per heavy atom. The Labute approximate surface area is 161 Å². The van der Waals surface area contributed by atoms with Crippen LogP contribution in [-0.4, -0.2) is 16.5 Å². The van der Waals surface area contributed by atoms with Crippen molar-refractivity contribution in [2.75, 3.05) is 6.54 Å². The van der Waals surface area contributed by atoms with Gasteiger partial charge in [-0.1, -0.05) is 34.1 Å². The number of aryl methyl sites for hydroxylation is 2. The van der Waals surface area contributed by atoms with Gasteiger partial charge in [0.2, 0.25) is 0 Å². The molecular formula is C22H22BrN3. The zero-order valence-electron chi connectivity index (χ0n) is 14.8. The summed E-state index contributed by atoms with van der Waals surface area (Å²) in [4.78, 5) is 8.36. The van der Waals surface area contributed by atoms with Crippen LogP contribution in [-0.2, 0) is 6.42 Å². The van der Waals surface area contributed by atoms with Crippen molar-refractivity contribution in [2.45, 2.75) is 26.2 Å². The van der Waals surface area contributed by atoms with E-state index in [9.17, 15) is 0 Å². The molecule has 132 valence electrons. The van der Waals surface area contributed by atoms with E-state index in [1.54, 1.807) is 0 Å². The Bertz CT molecular complexity index is 1080. The Hall–Kier alpha value is -2.17.